The molecule has 0 aromatic carbocycles. The molecular formula is C21H30N5O2S+. The Morgan fingerprint density at radius 1 is 1.28 bits per heavy atom. The lowest BCUT2D eigenvalue weighted by Gasteiger charge is -2.33. The van der Waals surface area contributed by atoms with Crippen molar-refractivity contribution in [3.8, 4) is 11.3 Å². The molecule has 29 heavy (non-hydrogen) atoms. The number of nitrogens with one attached hydrogen (secondary N) is 1. The van der Waals surface area contributed by atoms with Crippen LogP contribution in [0.4, 0.5) is 5.82 Å². The number of carbonyl (C=O) groups excluding carboxylic acids is 1. The van der Waals surface area contributed by atoms with Gasteiger partial charge in [0.15, 0.2) is 4.75 Å². The summed E-state index contributed by atoms with van der Waals surface area (Å²) in [5, 5.41) is 7.44. The van der Waals surface area contributed by atoms with Gasteiger partial charge in [0.25, 0.3) is 0 Å². The largest absolute Gasteiger partial charge is 0.310 e. The van der Waals surface area contributed by atoms with E-state index >= 15 is 0 Å². The summed E-state index contributed by atoms with van der Waals surface area (Å²) in [5.41, 5.74) is 3.07. The molecule has 1 aliphatic heterocycles. The van der Waals surface area contributed by atoms with Gasteiger partial charge in [-0.1, -0.05) is 0 Å². The standard InChI is InChI=1S/C21H29N5O2S/c1-21(2,3)29(4)28-15-9-14(10-15)20(27)25-19-11-17(22-13-23-19)16-12-24-26-8-6-5-7-18(16)26/h11-15H,5-10H2,1-4H3/p+1. The molecule has 1 saturated carbocycles. The summed E-state index contributed by atoms with van der Waals surface area (Å²) in [6.45, 7) is 7.51. The minimum absolute atomic E-state index is 0.0123. The molecule has 0 radical (unpaired) electrons. The third-order valence-electron chi connectivity index (χ3n) is 5.78. The fraction of sp³-hybridized carbons (Fsp3) is 0.619. The van der Waals surface area contributed by atoms with Gasteiger partial charge in [0.1, 0.15) is 35.7 Å². The van der Waals surface area contributed by atoms with E-state index < -0.39 is 0 Å². The second-order valence-corrected chi connectivity index (χ2v) is 11.2. The van der Waals surface area contributed by atoms with E-state index in [2.05, 4.69) is 52.1 Å². The Kier molecular flexibility index (Phi) is 5.66. The average Bonchev–Trinajstić information content (AvgIpc) is 3.07. The zero-order chi connectivity index (χ0) is 20.6. The van der Waals surface area contributed by atoms with Gasteiger partial charge >= 0.3 is 0 Å². The van der Waals surface area contributed by atoms with E-state index in [4.69, 9.17) is 4.18 Å². The van der Waals surface area contributed by atoms with E-state index in [9.17, 15) is 4.79 Å². The highest BCUT2D eigenvalue weighted by molar-refractivity contribution is 7.93. The van der Waals surface area contributed by atoms with Crippen molar-refractivity contribution in [2.75, 3.05) is 11.6 Å². The molecule has 1 aliphatic carbocycles. The van der Waals surface area contributed by atoms with Crippen molar-refractivity contribution in [3.63, 3.8) is 0 Å². The normalized spacial score (nSPS) is 22.5. The maximum atomic E-state index is 12.6. The van der Waals surface area contributed by atoms with E-state index in [1.165, 1.54) is 24.9 Å². The molecule has 2 aliphatic rings. The summed E-state index contributed by atoms with van der Waals surface area (Å²) in [6, 6.07) is 1.85. The number of anilines is 1. The number of hydrogen-bond acceptors (Lipinski definition) is 5. The van der Waals surface area contributed by atoms with Crippen LogP contribution in [0.25, 0.3) is 11.3 Å². The first-order valence-corrected chi connectivity index (χ1v) is 11.9. The third-order valence-corrected chi connectivity index (χ3v) is 8.07. The van der Waals surface area contributed by atoms with Crippen LogP contribution in [0.1, 0.15) is 52.1 Å². The number of aromatic nitrogens is 4. The van der Waals surface area contributed by atoms with Crippen LogP contribution in [0.5, 0.6) is 0 Å². The minimum atomic E-state index is -0.114. The van der Waals surface area contributed by atoms with Crippen LogP contribution in [0, 0.1) is 5.92 Å². The van der Waals surface area contributed by atoms with Crippen LogP contribution < -0.4 is 5.32 Å². The van der Waals surface area contributed by atoms with Crippen molar-refractivity contribution >= 4 is 22.9 Å². The molecule has 7 nitrogen and oxygen atoms in total. The molecule has 8 heteroatoms. The Bertz CT molecular complexity index is 885. The van der Waals surface area contributed by atoms with Gasteiger partial charge in [-0.3, -0.25) is 9.48 Å². The first-order chi connectivity index (χ1) is 13.8. The predicted molar refractivity (Wildman–Crippen MR) is 115 cm³/mol. The van der Waals surface area contributed by atoms with Gasteiger partial charge < -0.3 is 5.32 Å². The van der Waals surface area contributed by atoms with Gasteiger partial charge in [-0.15, -0.1) is 0 Å². The highest BCUT2D eigenvalue weighted by Crippen LogP contribution is 2.34. The molecule has 0 bridgehead atoms. The highest BCUT2D eigenvalue weighted by Gasteiger charge is 2.42. The number of amides is 1. The molecule has 2 aromatic rings. The topological polar surface area (TPSA) is 81.9 Å². The zero-order valence-corrected chi connectivity index (χ0v) is 18.5. The molecule has 1 N–H and O–H groups in total. The van der Waals surface area contributed by atoms with Crippen molar-refractivity contribution in [3.05, 3.63) is 24.3 Å². The zero-order valence-electron chi connectivity index (χ0n) is 17.6. The van der Waals surface area contributed by atoms with Crippen LogP contribution in [-0.2, 0) is 33.1 Å². The lowest BCUT2D eigenvalue weighted by atomic mass is 9.82. The lowest BCUT2D eigenvalue weighted by molar-refractivity contribution is -0.125. The van der Waals surface area contributed by atoms with Crippen LogP contribution in [0.15, 0.2) is 18.6 Å². The first-order valence-electron chi connectivity index (χ1n) is 10.3. The molecule has 156 valence electrons. The molecule has 1 atom stereocenters. The number of hydrogen-bond donors (Lipinski definition) is 1. The van der Waals surface area contributed by atoms with Crippen LogP contribution >= 0.6 is 0 Å². The first kappa shape index (κ1) is 20.3. The molecule has 1 fully saturated rings. The van der Waals surface area contributed by atoms with Gasteiger partial charge in [-0.25, -0.2) is 9.97 Å². The van der Waals surface area contributed by atoms with Gasteiger partial charge in [0.05, 0.1) is 11.9 Å². The van der Waals surface area contributed by atoms with Crippen molar-refractivity contribution in [2.24, 2.45) is 5.92 Å². The van der Waals surface area contributed by atoms with Gasteiger partial charge in [0.2, 0.25) is 5.91 Å². The minimum Gasteiger partial charge on any atom is -0.310 e. The molecule has 4 rings (SSSR count). The van der Waals surface area contributed by atoms with Gasteiger partial charge in [-0.05, 0) is 52.9 Å². The fourth-order valence-corrected chi connectivity index (χ4v) is 4.50. The quantitative estimate of drug-likeness (QED) is 0.756. The molecule has 0 spiro atoms. The van der Waals surface area contributed by atoms with Crippen LogP contribution in [0.2, 0.25) is 0 Å². The number of aryl methyl sites for hydroxylation is 1. The summed E-state index contributed by atoms with van der Waals surface area (Å²) >= 11 is -0.114. The van der Waals surface area contributed by atoms with Crippen molar-refractivity contribution < 1.29 is 8.98 Å². The second kappa shape index (κ2) is 8.07. The predicted octanol–water partition coefficient (Wildman–Crippen LogP) is 3.37. The summed E-state index contributed by atoms with van der Waals surface area (Å²) in [5.74, 6) is 0.544. The average molecular weight is 417 g/mol. The van der Waals surface area contributed by atoms with Gasteiger partial charge in [0, 0.05) is 29.8 Å². The summed E-state index contributed by atoms with van der Waals surface area (Å²) < 4.78 is 8.31. The van der Waals surface area contributed by atoms with Crippen LogP contribution in [-0.4, -0.2) is 42.8 Å². The van der Waals surface area contributed by atoms with E-state index in [1.807, 2.05) is 12.3 Å². The molecular weight excluding hydrogens is 386 g/mol. The molecule has 0 saturated heterocycles. The summed E-state index contributed by atoms with van der Waals surface area (Å²) in [6.07, 6.45) is 10.6. The van der Waals surface area contributed by atoms with Gasteiger partial charge in [-0.2, -0.15) is 9.28 Å². The smallest absolute Gasteiger partial charge is 0.228 e. The number of fused-ring (bicyclic) bond motifs is 1. The second-order valence-electron chi connectivity index (χ2n) is 8.92. The lowest BCUT2D eigenvalue weighted by Crippen LogP contribution is -2.42. The van der Waals surface area contributed by atoms with Crippen molar-refractivity contribution in [2.45, 2.75) is 70.3 Å². The van der Waals surface area contributed by atoms with E-state index in [1.54, 1.807) is 0 Å². The Morgan fingerprint density at radius 2 is 2.07 bits per heavy atom. The molecule has 1 amide bonds. The maximum absolute atomic E-state index is 12.6. The highest BCUT2D eigenvalue weighted by atomic mass is 32.2. The summed E-state index contributed by atoms with van der Waals surface area (Å²) in [7, 11) is 0. The van der Waals surface area contributed by atoms with E-state index in [0.29, 0.717) is 5.82 Å². The Morgan fingerprint density at radius 3 is 2.83 bits per heavy atom. The van der Waals surface area contributed by atoms with Crippen molar-refractivity contribution in [1.82, 2.24) is 19.7 Å². The fourth-order valence-electron chi connectivity index (χ4n) is 3.64. The molecule has 2 aromatic heterocycles. The monoisotopic (exact) mass is 416 g/mol. The van der Waals surface area contributed by atoms with E-state index in [0.717, 1.165) is 37.1 Å². The Balaban J connectivity index is 1.36. The Labute approximate surface area is 175 Å². The van der Waals surface area contributed by atoms with E-state index in [-0.39, 0.29) is 33.9 Å². The SMILES string of the molecule is C[S+](OC1CC(C(=O)Nc2cc(-c3cnn4c3CCCC4)ncn2)C1)C(C)(C)C. The maximum Gasteiger partial charge on any atom is 0.228 e. The number of carbonyl (C=O) groups is 1. The summed E-state index contributed by atoms with van der Waals surface area (Å²) in [4.78, 5) is 21.3. The number of nitrogens with zero attached hydrogens (tertiary/aromatic N) is 4. The van der Waals surface area contributed by atoms with Crippen molar-refractivity contribution in [1.29, 1.82) is 0 Å². The molecule has 3 heterocycles. The number of rotatable bonds is 5. The Hall–Kier alpha value is -1.93. The van der Waals surface area contributed by atoms with Crippen LogP contribution in [0.3, 0.4) is 0 Å². The molecule has 1 unspecified atom stereocenters. The third kappa shape index (κ3) is 4.48.